The quantitative estimate of drug-likeness (QED) is 0.657. The summed E-state index contributed by atoms with van der Waals surface area (Å²) in [6.07, 6.45) is 2.12. The number of rotatable bonds is 6. The van der Waals surface area contributed by atoms with E-state index in [0.29, 0.717) is 52.3 Å². The summed E-state index contributed by atoms with van der Waals surface area (Å²) in [5.41, 5.74) is 0. The van der Waals surface area contributed by atoms with Gasteiger partial charge in [-0.1, -0.05) is 0 Å². The van der Waals surface area contributed by atoms with E-state index in [-0.39, 0.29) is 18.4 Å². The molecule has 0 aromatic carbocycles. The molecule has 0 unspecified atom stereocenters. The van der Waals surface area contributed by atoms with E-state index in [1.54, 1.807) is 16.9 Å². The first-order chi connectivity index (χ1) is 10.6. The molecule has 0 aromatic rings. The molecule has 0 aromatic heterocycles. The molecule has 2 fully saturated rings. The van der Waals surface area contributed by atoms with Crippen LogP contribution < -0.4 is 0 Å². The smallest absolute Gasteiger partial charge is 0.242 e. The second kappa shape index (κ2) is 7.89. The van der Waals surface area contributed by atoms with Gasteiger partial charge in [0.05, 0.1) is 19.8 Å². The van der Waals surface area contributed by atoms with Crippen molar-refractivity contribution in [3.63, 3.8) is 0 Å². The Balaban J connectivity index is 1.79. The number of carbonyl (C=O) groups excluding carboxylic acids is 2. The summed E-state index contributed by atoms with van der Waals surface area (Å²) in [6.45, 7) is 5.24. The molecule has 0 radical (unpaired) electrons. The van der Waals surface area contributed by atoms with Gasteiger partial charge < -0.3 is 24.0 Å². The van der Waals surface area contributed by atoms with Gasteiger partial charge in [-0.3, -0.25) is 9.59 Å². The summed E-state index contributed by atoms with van der Waals surface area (Å²) in [7, 11) is 1.62. The molecule has 7 heteroatoms. The molecular formula is C15H26N2O5. The third-order valence-corrected chi connectivity index (χ3v) is 4.24. The minimum Gasteiger partial charge on any atom is -0.385 e. The maximum absolute atomic E-state index is 12.4. The summed E-state index contributed by atoms with van der Waals surface area (Å²) < 4.78 is 16.3. The standard InChI is InChI=1S/C15H26N2O5/c1-13(18)17(6-3-9-20-2)12-14(19)16-7-4-15(5-8-16)21-10-11-22-15/h3-12H2,1-2H3. The Morgan fingerprint density at radius 1 is 1.23 bits per heavy atom. The van der Waals surface area contributed by atoms with Gasteiger partial charge in [-0.2, -0.15) is 0 Å². The molecule has 0 aliphatic carbocycles. The van der Waals surface area contributed by atoms with Crippen LogP contribution in [0.3, 0.4) is 0 Å². The van der Waals surface area contributed by atoms with Crippen LogP contribution in [0.15, 0.2) is 0 Å². The minimum absolute atomic E-state index is 0.0135. The molecule has 7 nitrogen and oxygen atoms in total. The average molecular weight is 314 g/mol. The molecule has 2 saturated heterocycles. The molecule has 1 spiro atoms. The van der Waals surface area contributed by atoms with Crippen molar-refractivity contribution in [3.8, 4) is 0 Å². The summed E-state index contributed by atoms with van der Waals surface area (Å²) >= 11 is 0. The summed E-state index contributed by atoms with van der Waals surface area (Å²) in [6, 6.07) is 0. The number of nitrogens with zero attached hydrogens (tertiary/aromatic N) is 2. The SMILES string of the molecule is COCCCN(CC(=O)N1CCC2(CC1)OCCO2)C(C)=O. The van der Waals surface area contributed by atoms with Crippen molar-refractivity contribution in [2.24, 2.45) is 0 Å². The molecule has 2 rings (SSSR count). The predicted molar refractivity (Wildman–Crippen MR) is 79.2 cm³/mol. The number of piperidine rings is 1. The second-order valence-electron chi connectivity index (χ2n) is 5.78. The zero-order chi connectivity index (χ0) is 16.0. The van der Waals surface area contributed by atoms with Gasteiger partial charge in [0.15, 0.2) is 5.79 Å². The second-order valence-corrected chi connectivity index (χ2v) is 5.78. The Morgan fingerprint density at radius 2 is 1.86 bits per heavy atom. The van der Waals surface area contributed by atoms with Crippen molar-refractivity contribution in [1.82, 2.24) is 9.80 Å². The maximum atomic E-state index is 12.4. The molecule has 0 bridgehead atoms. The molecule has 126 valence electrons. The van der Waals surface area contributed by atoms with Crippen LogP contribution in [-0.2, 0) is 23.8 Å². The summed E-state index contributed by atoms with van der Waals surface area (Å²) in [5.74, 6) is -0.573. The van der Waals surface area contributed by atoms with E-state index < -0.39 is 5.79 Å². The van der Waals surface area contributed by atoms with Crippen molar-refractivity contribution >= 4 is 11.8 Å². The lowest BCUT2D eigenvalue weighted by Gasteiger charge is -2.38. The van der Waals surface area contributed by atoms with Crippen LogP contribution in [0.4, 0.5) is 0 Å². The fraction of sp³-hybridized carbons (Fsp3) is 0.867. The molecule has 2 heterocycles. The van der Waals surface area contributed by atoms with Crippen LogP contribution in [0, 0.1) is 0 Å². The fourth-order valence-electron chi connectivity index (χ4n) is 2.89. The van der Waals surface area contributed by atoms with E-state index in [1.807, 2.05) is 0 Å². The van der Waals surface area contributed by atoms with Crippen molar-refractivity contribution in [2.75, 3.05) is 53.1 Å². The van der Waals surface area contributed by atoms with Gasteiger partial charge in [-0.05, 0) is 6.42 Å². The lowest BCUT2D eigenvalue weighted by atomic mass is 10.0. The van der Waals surface area contributed by atoms with Gasteiger partial charge in [0.25, 0.3) is 0 Å². The van der Waals surface area contributed by atoms with Crippen molar-refractivity contribution in [3.05, 3.63) is 0 Å². The number of amides is 2. The highest BCUT2D eigenvalue weighted by molar-refractivity contribution is 5.83. The number of hydrogen-bond donors (Lipinski definition) is 0. The van der Waals surface area contributed by atoms with E-state index >= 15 is 0 Å². The minimum atomic E-state index is -0.477. The normalized spacial score (nSPS) is 20.4. The Bertz CT molecular complexity index is 385. The molecule has 0 N–H and O–H groups in total. The first-order valence-electron chi connectivity index (χ1n) is 7.86. The Labute approximate surface area is 131 Å². The van der Waals surface area contributed by atoms with E-state index in [4.69, 9.17) is 14.2 Å². The third kappa shape index (κ3) is 4.41. The zero-order valence-corrected chi connectivity index (χ0v) is 13.5. The van der Waals surface area contributed by atoms with Crippen LogP contribution >= 0.6 is 0 Å². The van der Waals surface area contributed by atoms with Crippen LogP contribution in [0.1, 0.15) is 26.2 Å². The highest BCUT2D eigenvalue weighted by Crippen LogP contribution is 2.31. The molecule has 22 heavy (non-hydrogen) atoms. The van der Waals surface area contributed by atoms with Crippen molar-refractivity contribution < 1.29 is 23.8 Å². The zero-order valence-electron chi connectivity index (χ0n) is 13.5. The molecule has 2 amide bonds. The Hall–Kier alpha value is -1.18. The predicted octanol–water partition coefficient (Wildman–Crippen LogP) is 0.237. The summed E-state index contributed by atoms with van der Waals surface area (Å²) in [5, 5.41) is 0. The van der Waals surface area contributed by atoms with E-state index in [0.717, 1.165) is 6.42 Å². The average Bonchev–Trinajstić information content (AvgIpc) is 2.95. The first kappa shape index (κ1) is 17.2. The van der Waals surface area contributed by atoms with Gasteiger partial charge in [-0.15, -0.1) is 0 Å². The van der Waals surface area contributed by atoms with Gasteiger partial charge in [0.1, 0.15) is 0 Å². The highest BCUT2D eigenvalue weighted by Gasteiger charge is 2.40. The van der Waals surface area contributed by atoms with Gasteiger partial charge in [0.2, 0.25) is 11.8 Å². The van der Waals surface area contributed by atoms with E-state index in [2.05, 4.69) is 0 Å². The monoisotopic (exact) mass is 314 g/mol. The number of carbonyl (C=O) groups is 2. The fourth-order valence-corrected chi connectivity index (χ4v) is 2.89. The molecule has 2 aliphatic heterocycles. The van der Waals surface area contributed by atoms with E-state index in [9.17, 15) is 9.59 Å². The lowest BCUT2D eigenvalue weighted by molar-refractivity contribution is -0.187. The molecule has 2 aliphatic rings. The summed E-state index contributed by atoms with van der Waals surface area (Å²) in [4.78, 5) is 27.4. The van der Waals surface area contributed by atoms with E-state index in [1.165, 1.54) is 6.92 Å². The van der Waals surface area contributed by atoms with Gasteiger partial charge in [0, 0.05) is 53.1 Å². The van der Waals surface area contributed by atoms with Crippen LogP contribution in [0.25, 0.3) is 0 Å². The molecule has 0 atom stereocenters. The van der Waals surface area contributed by atoms with Gasteiger partial charge >= 0.3 is 0 Å². The highest BCUT2D eigenvalue weighted by atomic mass is 16.7. The number of ether oxygens (including phenoxy) is 3. The number of methoxy groups -OCH3 is 1. The largest absolute Gasteiger partial charge is 0.385 e. The Kier molecular flexibility index (Phi) is 6.16. The van der Waals surface area contributed by atoms with Crippen LogP contribution in [-0.4, -0.2) is 80.5 Å². The first-order valence-corrected chi connectivity index (χ1v) is 7.86. The van der Waals surface area contributed by atoms with Crippen molar-refractivity contribution in [2.45, 2.75) is 32.0 Å². The van der Waals surface area contributed by atoms with Crippen LogP contribution in [0.5, 0.6) is 0 Å². The van der Waals surface area contributed by atoms with Gasteiger partial charge in [-0.25, -0.2) is 0 Å². The topological polar surface area (TPSA) is 68.3 Å². The van der Waals surface area contributed by atoms with Crippen LogP contribution in [0.2, 0.25) is 0 Å². The number of likely N-dealkylation sites (tertiary alicyclic amines) is 1. The van der Waals surface area contributed by atoms with Crippen molar-refractivity contribution in [1.29, 1.82) is 0 Å². The molecular weight excluding hydrogens is 288 g/mol. The lowest BCUT2D eigenvalue weighted by Crippen LogP contribution is -2.50. The third-order valence-electron chi connectivity index (χ3n) is 4.24. The number of hydrogen-bond acceptors (Lipinski definition) is 5. The molecule has 0 saturated carbocycles. The maximum Gasteiger partial charge on any atom is 0.242 e. The Morgan fingerprint density at radius 3 is 2.41 bits per heavy atom.